The summed E-state index contributed by atoms with van der Waals surface area (Å²) in [6.45, 7) is 0. The summed E-state index contributed by atoms with van der Waals surface area (Å²) in [5.41, 5.74) is 2.91. The number of hydrogen-bond donors (Lipinski definition) is 3. The molecule has 98 valence electrons. The summed E-state index contributed by atoms with van der Waals surface area (Å²) in [5.74, 6) is 4.21. The van der Waals surface area contributed by atoms with Crippen molar-refractivity contribution < 1.29 is 9.18 Å². The maximum absolute atomic E-state index is 13.5. The van der Waals surface area contributed by atoms with Gasteiger partial charge in [0.15, 0.2) is 0 Å². The SMILES string of the molecule is NNc1c(F)cccc1C(=O)Nc1cccc(Br)c1. The number of carbonyl (C=O) groups is 1. The predicted molar refractivity (Wildman–Crippen MR) is 76.3 cm³/mol. The molecule has 6 heteroatoms. The second-order valence-corrected chi connectivity index (χ2v) is 4.69. The molecule has 0 aliphatic carbocycles. The van der Waals surface area contributed by atoms with Crippen LogP contribution in [0.15, 0.2) is 46.9 Å². The molecule has 0 bridgehead atoms. The van der Waals surface area contributed by atoms with Crippen molar-refractivity contribution in [3.8, 4) is 0 Å². The van der Waals surface area contributed by atoms with Gasteiger partial charge in [-0.3, -0.25) is 10.6 Å². The molecule has 0 heterocycles. The lowest BCUT2D eigenvalue weighted by Gasteiger charge is -2.10. The molecular formula is C13H11BrFN3O. The van der Waals surface area contributed by atoms with Crippen LogP contribution in [0.1, 0.15) is 10.4 Å². The first-order valence-electron chi connectivity index (χ1n) is 5.44. The van der Waals surface area contributed by atoms with Gasteiger partial charge in [0.2, 0.25) is 0 Å². The van der Waals surface area contributed by atoms with Gasteiger partial charge >= 0.3 is 0 Å². The van der Waals surface area contributed by atoms with Crippen molar-refractivity contribution in [2.45, 2.75) is 0 Å². The van der Waals surface area contributed by atoms with Crippen LogP contribution in [0.4, 0.5) is 15.8 Å². The van der Waals surface area contributed by atoms with E-state index in [1.165, 1.54) is 18.2 Å². The lowest BCUT2D eigenvalue weighted by atomic mass is 10.1. The van der Waals surface area contributed by atoms with Crippen LogP contribution in [0.5, 0.6) is 0 Å². The third-order valence-corrected chi connectivity index (χ3v) is 2.98. The van der Waals surface area contributed by atoms with Crippen LogP contribution < -0.4 is 16.6 Å². The number of nitrogens with one attached hydrogen (secondary N) is 2. The van der Waals surface area contributed by atoms with E-state index < -0.39 is 11.7 Å². The predicted octanol–water partition coefficient (Wildman–Crippen LogP) is 3.13. The minimum atomic E-state index is -0.579. The Morgan fingerprint density at radius 3 is 2.63 bits per heavy atom. The molecule has 0 atom stereocenters. The standard InChI is InChI=1S/C13H11BrFN3O/c14-8-3-1-4-9(7-8)17-13(19)10-5-2-6-11(15)12(10)18-16/h1-7,18H,16H2,(H,17,19). The first kappa shape index (κ1) is 13.5. The van der Waals surface area contributed by atoms with E-state index in [2.05, 4.69) is 26.7 Å². The second-order valence-electron chi connectivity index (χ2n) is 3.77. The zero-order valence-electron chi connectivity index (χ0n) is 9.78. The summed E-state index contributed by atoms with van der Waals surface area (Å²) >= 11 is 3.30. The molecular weight excluding hydrogens is 313 g/mol. The van der Waals surface area contributed by atoms with Gasteiger partial charge in [0.25, 0.3) is 5.91 Å². The third kappa shape index (κ3) is 3.10. The van der Waals surface area contributed by atoms with Gasteiger partial charge in [-0.05, 0) is 30.3 Å². The van der Waals surface area contributed by atoms with Gasteiger partial charge in [-0.25, -0.2) is 4.39 Å². The number of hydrazine groups is 1. The number of para-hydroxylation sites is 1. The fraction of sp³-hybridized carbons (Fsp3) is 0. The highest BCUT2D eigenvalue weighted by Crippen LogP contribution is 2.21. The Hall–Kier alpha value is -1.92. The first-order chi connectivity index (χ1) is 9.11. The molecule has 2 aromatic rings. The molecule has 0 saturated carbocycles. The first-order valence-corrected chi connectivity index (χ1v) is 6.23. The summed E-state index contributed by atoms with van der Waals surface area (Å²) in [6.07, 6.45) is 0. The quantitative estimate of drug-likeness (QED) is 0.600. The Morgan fingerprint density at radius 2 is 1.95 bits per heavy atom. The number of nitrogen functional groups attached to an aromatic ring is 1. The number of anilines is 2. The number of carbonyl (C=O) groups excluding carboxylic acids is 1. The van der Waals surface area contributed by atoms with Crippen molar-refractivity contribution in [3.63, 3.8) is 0 Å². The maximum atomic E-state index is 13.5. The Labute approximate surface area is 117 Å². The van der Waals surface area contributed by atoms with Crippen LogP contribution in [0.25, 0.3) is 0 Å². The largest absolute Gasteiger partial charge is 0.322 e. The van der Waals surface area contributed by atoms with Crippen LogP contribution in [-0.2, 0) is 0 Å². The van der Waals surface area contributed by atoms with Gasteiger partial charge in [0.1, 0.15) is 5.82 Å². The average molecular weight is 324 g/mol. The van der Waals surface area contributed by atoms with Crippen LogP contribution in [0, 0.1) is 5.82 Å². The highest BCUT2D eigenvalue weighted by atomic mass is 79.9. The number of halogens is 2. The summed E-state index contributed by atoms with van der Waals surface area (Å²) in [7, 11) is 0. The number of hydrogen-bond acceptors (Lipinski definition) is 3. The molecule has 0 aromatic heterocycles. The maximum Gasteiger partial charge on any atom is 0.257 e. The van der Waals surface area contributed by atoms with Crippen molar-refractivity contribution in [1.82, 2.24) is 0 Å². The summed E-state index contributed by atoms with van der Waals surface area (Å²) in [4.78, 5) is 12.1. The van der Waals surface area contributed by atoms with E-state index in [9.17, 15) is 9.18 Å². The zero-order chi connectivity index (χ0) is 13.8. The van der Waals surface area contributed by atoms with E-state index in [1.807, 2.05) is 6.07 Å². The highest BCUT2D eigenvalue weighted by molar-refractivity contribution is 9.10. The van der Waals surface area contributed by atoms with E-state index in [0.29, 0.717) is 5.69 Å². The minimum absolute atomic E-state index is 0.0324. The molecule has 1 amide bonds. The highest BCUT2D eigenvalue weighted by Gasteiger charge is 2.14. The van der Waals surface area contributed by atoms with E-state index >= 15 is 0 Å². The molecule has 4 nitrogen and oxygen atoms in total. The Kier molecular flexibility index (Phi) is 4.13. The van der Waals surface area contributed by atoms with Gasteiger partial charge in [0.05, 0.1) is 11.3 Å². The Morgan fingerprint density at radius 1 is 1.21 bits per heavy atom. The zero-order valence-corrected chi connectivity index (χ0v) is 11.4. The van der Waals surface area contributed by atoms with Gasteiger partial charge in [-0.15, -0.1) is 0 Å². The van der Waals surface area contributed by atoms with Gasteiger partial charge < -0.3 is 10.7 Å². The molecule has 0 radical (unpaired) electrons. The fourth-order valence-electron chi connectivity index (χ4n) is 1.62. The fourth-order valence-corrected chi connectivity index (χ4v) is 2.02. The van der Waals surface area contributed by atoms with E-state index in [1.54, 1.807) is 18.2 Å². The lowest BCUT2D eigenvalue weighted by molar-refractivity contribution is 0.102. The molecule has 0 aliphatic rings. The number of benzene rings is 2. The van der Waals surface area contributed by atoms with Crippen LogP contribution in [0.2, 0.25) is 0 Å². The van der Waals surface area contributed by atoms with E-state index in [-0.39, 0.29) is 11.3 Å². The normalized spacial score (nSPS) is 10.1. The molecule has 0 unspecified atom stereocenters. The molecule has 2 rings (SSSR count). The minimum Gasteiger partial charge on any atom is -0.322 e. The summed E-state index contributed by atoms with van der Waals surface area (Å²) in [6, 6.07) is 11.3. The molecule has 0 fully saturated rings. The second kappa shape index (κ2) is 5.81. The van der Waals surface area contributed by atoms with Gasteiger partial charge in [-0.1, -0.05) is 28.1 Å². The monoisotopic (exact) mass is 323 g/mol. The van der Waals surface area contributed by atoms with Crippen molar-refractivity contribution in [2.75, 3.05) is 10.7 Å². The van der Waals surface area contributed by atoms with Crippen LogP contribution in [0.3, 0.4) is 0 Å². The molecule has 0 spiro atoms. The molecule has 4 N–H and O–H groups in total. The third-order valence-electron chi connectivity index (χ3n) is 2.49. The molecule has 19 heavy (non-hydrogen) atoms. The van der Waals surface area contributed by atoms with E-state index in [4.69, 9.17) is 5.84 Å². The average Bonchev–Trinajstić information content (AvgIpc) is 2.38. The number of rotatable bonds is 3. The van der Waals surface area contributed by atoms with Crippen LogP contribution in [-0.4, -0.2) is 5.91 Å². The number of amides is 1. The summed E-state index contributed by atoms with van der Waals surface area (Å²) < 4.78 is 14.3. The summed E-state index contributed by atoms with van der Waals surface area (Å²) in [5, 5.41) is 2.67. The molecule has 0 aliphatic heterocycles. The van der Waals surface area contributed by atoms with Gasteiger partial charge in [0, 0.05) is 10.2 Å². The lowest BCUT2D eigenvalue weighted by Crippen LogP contribution is -2.18. The molecule has 2 aromatic carbocycles. The van der Waals surface area contributed by atoms with Crippen molar-refractivity contribution >= 4 is 33.2 Å². The number of nitrogens with two attached hydrogens (primary N) is 1. The Balaban J connectivity index is 2.28. The molecule has 0 saturated heterocycles. The Bertz CT molecular complexity index is 619. The van der Waals surface area contributed by atoms with Crippen molar-refractivity contribution in [2.24, 2.45) is 5.84 Å². The van der Waals surface area contributed by atoms with E-state index in [0.717, 1.165) is 4.47 Å². The van der Waals surface area contributed by atoms with Gasteiger partial charge in [-0.2, -0.15) is 0 Å². The van der Waals surface area contributed by atoms with Crippen LogP contribution >= 0.6 is 15.9 Å². The topological polar surface area (TPSA) is 67.1 Å². The van der Waals surface area contributed by atoms with Crippen molar-refractivity contribution in [1.29, 1.82) is 0 Å². The van der Waals surface area contributed by atoms with Crippen molar-refractivity contribution in [3.05, 3.63) is 58.3 Å². The smallest absolute Gasteiger partial charge is 0.257 e.